The molecule has 108 valence electrons. The van der Waals surface area contributed by atoms with Crippen LogP contribution in [0.3, 0.4) is 0 Å². The number of carboxylic acids is 1. The normalized spacial score (nSPS) is 9.80. The van der Waals surface area contributed by atoms with Gasteiger partial charge in [0.1, 0.15) is 0 Å². The van der Waals surface area contributed by atoms with Crippen molar-refractivity contribution >= 4 is 22.4 Å². The quantitative estimate of drug-likeness (QED) is 0.933. The number of ether oxygens (including phenoxy) is 1. The van der Waals surface area contributed by atoms with Gasteiger partial charge in [-0.05, 0) is 6.92 Å². The first-order valence-corrected chi connectivity index (χ1v) is 6.29. The first-order chi connectivity index (χ1) is 9.56. The van der Waals surface area contributed by atoms with Gasteiger partial charge in [-0.3, -0.25) is 0 Å². The predicted octanol–water partition coefficient (Wildman–Crippen LogP) is 2.65. The molecule has 0 aliphatic rings. The molecule has 1 heterocycles. The molecule has 1 N–H and O–H groups in total. The second-order valence-corrected chi connectivity index (χ2v) is 4.27. The van der Waals surface area contributed by atoms with Crippen molar-refractivity contribution in [2.24, 2.45) is 0 Å². The predicted molar refractivity (Wildman–Crippen MR) is 80.6 cm³/mol. The molecule has 1 aromatic carbocycles. The maximum atomic E-state index is 11.1. The van der Waals surface area contributed by atoms with Crippen LogP contribution >= 0.6 is 0 Å². The lowest BCUT2D eigenvalue weighted by atomic mass is 10.1. The van der Waals surface area contributed by atoms with Crippen LogP contribution in [0.2, 0.25) is 0 Å². The van der Waals surface area contributed by atoms with Crippen LogP contribution in [0, 0.1) is 0 Å². The van der Waals surface area contributed by atoms with E-state index in [0.717, 1.165) is 17.6 Å². The van der Waals surface area contributed by atoms with E-state index in [1.165, 1.54) is 0 Å². The topological polar surface area (TPSA) is 62.7 Å². The van der Waals surface area contributed by atoms with Gasteiger partial charge in [0.05, 0.1) is 11.9 Å². The zero-order valence-electron chi connectivity index (χ0n) is 12.3. The number of rotatable bonds is 3. The highest BCUT2D eigenvalue weighted by molar-refractivity contribution is 6.05. The van der Waals surface area contributed by atoms with Gasteiger partial charge in [-0.1, -0.05) is 24.3 Å². The Hall–Kier alpha value is -2.14. The third-order valence-electron chi connectivity index (χ3n) is 2.86. The SMILES string of the molecule is CCN(C)c1cnc(C(=O)O)c2ccccc12.COC. The maximum absolute atomic E-state index is 11.1. The highest BCUT2D eigenvalue weighted by Crippen LogP contribution is 2.27. The molecule has 0 unspecified atom stereocenters. The maximum Gasteiger partial charge on any atom is 0.355 e. The molecule has 0 amide bonds. The van der Waals surface area contributed by atoms with Crippen molar-refractivity contribution in [1.82, 2.24) is 4.98 Å². The van der Waals surface area contributed by atoms with Crippen LogP contribution in [0.25, 0.3) is 10.8 Å². The van der Waals surface area contributed by atoms with E-state index in [1.54, 1.807) is 26.5 Å². The fraction of sp³-hybridized carbons (Fsp3) is 0.333. The van der Waals surface area contributed by atoms with Gasteiger partial charge in [0.2, 0.25) is 0 Å². The third-order valence-corrected chi connectivity index (χ3v) is 2.86. The van der Waals surface area contributed by atoms with Crippen LogP contribution in [-0.2, 0) is 4.74 Å². The first-order valence-electron chi connectivity index (χ1n) is 6.29. The molecule has 0 aliphatic carbocycles. The van der Waals surface area contributed by atoms with E-state index in [2.05, 4.69) is 9.72 Å². The molecule has 20 heavy (non-hydrogen) atoms. The number of aromatic nitrogens is 1. The molecule has 0 saturated heterocycles. The molecule has 0 atom stereocenters. The lowest BCUT2D eigenvalue weighted by molar-refractivity contribution is 0.0693. The van der Waals surface area contributed by atoms with Gasteiger partial charge in [-0.2, -0.15) is 0 Å². The summed E-state index contributed by atoms with van der Waals surface area (Å²) in [5.41, 5.74) is 1.06. The van der Waals surface area contributed by atoms with E-state index < -0.39 is 5.97 Å². The van der Waals surface area contributed by atoms with Crippen LogP contribution in [-0.4, -0.2) is 43.9 Å². The summed E-state index contributed by atoms with van der Waals surface area (Å²) in [5.74, 6) is -0.994. The summed E-state index contributed by atoms with van der Waals surface area (Å²) < 4.78 is 4.25. The van der Waals surface area contributed by atoms with E-state index >= 15 is 0 Å². The van der Waals surface area contributed by atoms with Crippen molar-refractivity contribution in [3.8, 4) is 0 Å². The monoisotopic (exact) mass is 276 g/mol. The Labute approximate surface area is 118 Å². The molecule has 0 aliphatic heterocycles. The molecule has 5 nitrogen and oxygen atoms in total. The number of methoxy groups -OCH3 is 1. The molecule has 2 aromatic rings. The Bertz CT molecular complexity index is 584. The van der Waals surface area contributed by atoms with E-state index in [-0.39, 0.29) is 5.69 Å². The molecule has 0 fully saturated rings. The molecular formula is C15H20N2O3. The summed E-state index contributed by atoms with van der Waals surface area (Å²) in [7, 11) is 5.21. The molecule has 0 radical (unpaired) electrons. The second-order valence-electron chi connectivity index (χ2n) is 4.27. The number of pyridine rings is 1. The third kappa shape index (κ3) is 3.45. The minimum absolute atomic E-state index is 0.105. The standard InChI is InChI=1S/C13H14N2O2.C2H6O/c1-3-15(2)11-8-14-12(13(16)17)10-7-5-4-6-9(10)11;1-3-2/h4-8H,3H2,1-2H3,(H,16,17);1-2H3. The lowest BCUT2D eigenvalue weighted by Crippen LogP contribution is -2.17. The summed E-state index contributed by atoms with van der Waals surface area (Å²) >= 11 is 0. The highest BCUT2D eigenvalue weighted by atomic mass is 16.4. The van der Waals surface area contributed by atoms with Crippen LogP contribution < -0.4 is 4.90 Å². The number of fused-ring (bicyclic) bond motifs is 1. The molecule has 0 spiro atoms. The van der Waals surface area contributed by atoms with Crippen LogP contribution in [0.4, 0.5) is 5.69 Å². The number of hydrogen-bond acceptors (Lipinski definition) is 4. The van der Waals surface area contributed by atoms with E-state index in [0.29, 0.717) is 5.39 Å². The van der Waals surface area contributed by atoms with Gasteiger partial charge < -0.3 is 14.7 Å². The number of anilines is 1. The molecule has 0 saturated carbocycles. The minimum atomic E-state index is -0.994. The second kappa shape index (κ2) is 7.45. The van der Waals surface area contributed by atoms with Crippen molar-refractivity contribution in [1.29, 1.82) is 0 Å². The fourth-order valence-electron chi connectivity index (χ4n) is 1.82. The number of carboxylic acid groups (broad SMARTS) is 1. The molecular weight excluding hydrogens is 256 g/mol. The van der Waals surface area contributed by atoms with Crippen molar-refractivity contribution in [3.05, 3.63) is 36.2 Å². The highest BCUT2D eigenvalue weighted by Gasteiger charge is 2.13. The summed E-state index contributed by atoms with van der Waals surface area (Å²) in [5, 5.41) is 10.7. The number of aromatic carboxylic acids is 1. The van der Waals surface area contributed by atoms with Crippen molar-refractivity contribution in [2.45, 2.75) is 6.92 Å². The average molecular weight is 276 g/mol. The Morgan fingerprint density at radius 1 is 1.30 bits per heavy atom. The number of nitrogens with zero attached hydrogens (tertiary/aromatic N) is 2. The number of carbonyl (C=O) groups is 1. The smallest absolute Gasteiger partial charge is 0.355 e. The zero-order valence-corrected chi connectivity index (χ0v) is 12.3. The Balaban J connectivity index is 0.000000612. The van der Waals surface area contributed by atoms with E-state index in [9.17, 15) is 4.79 Å². The van der Waals surface area contributed by atoms with Crippen molar-refractivity contribution in [2.75, 3.05) is 32.7 Å². The van der Waals surface area contributed by atoms with Gasteiger partial charge >= 0.3 is 5.97 Å². The molecule has 1 aromatic heterocycles. The summed E-state index contributed by atoms with van der Waals surface area (Å²) in [6.45, 7) is 2.89. The van der Waals surface area contributed by atoms with Gasteiger partial charge in [-0.15, -0.1) is 0 Å². The van der Waals surface area contributed by atoms with Gasteiger partial charge in [0, 0.05) is 38.6 Å². The Kier molecular flexibility index (Phi) is 5.93. The van der Waals surface area contributed by atoms with Crippen LogP contribution in [0.15, 0.2) is 30.5 Å². The van der Waals surface area contributed by atoms with Crippen molar-refractivity contribution < 1.29 is 14.6 Å². The fourth-order valence-corrected chi connectivity index (χ4v) is 1.82. The minimum Gasteiger partial charge on any atom is -0.476 e. The first kappa shape index (κ1) is 15.9. The molecule has 0 bridgehead atoms. The van der Waals surface area contributed by atoms with Gasteiger partial charge in [-0.25, -0.2) is 9.78 Å². The van der Waals surface area contributed by atoms with Crippen LogP contribution in [0.1, 0.15) is 17.4 Å². The average Bonchev–Trinajstić information content (AvgIpc) is 2.46. The lowest BCUT2D eigenvalue weighted by Gasteiger charge is -2.19. The zero-order chi connectivity index (χ0) is 15.1. The molecule has 2 rings (SSSR count). The number of hydrogen-bond donors (Lipinski definition) is 1. The Morgan fingerprint density at radius 2 is 1.85 bits per heavy atom. The summed E-state index contributed by atoms with van der Waals surface area (Å²) in [6.07, 6.45) is 1.62. The molecule has 5 heteroatoms. The largest absolute Gasteiger partial charge is 0.476 e. The van der Waals surface area contributed by atoms with E-state index in [1.807, 2.05) is 37.1 Å². The van der Waals surface area contributed by atoms with Gasteiger partial charge in [0.15, 0.2) is 5.69 Å². The number of benzene rings is 1. The van der Waals surface area contributed by atoms with Crippen LogP contribution in [0.5, 0.6) is 0 Å². The van der Waals surface area contributed by atoms with Gasteiger partial charge in [0.25, 0.3) is 0 Å². The van der Waals surface area contributed by atoms with E-state index in [4.69, 9.17) is 5.11 Å². The summed E-state index contributed by atoms with van der Waals surface area (Å²) in [6, 6.07) is 7.44. The Morgan fingerprint density at radius 3 is 2.35 bits per heavy atom. The van der Waals surface area contributed by atoms with Crippen molar-refractivity contribution in [3.63, 3.8) is 0 Å². The summed E-state index contributed by atoms with van der Waals surface area (Å²) in [4.78, 5) is 17.2.